The Balaban J connectivity index is 2.37. The molecule has 1 aromatic heterocycles. The Kier molecular flexibility index (Phi) is 7.63. The van der Waals surface area contributed by atoms with Crippen LogP contribution >= 0.6 is 49.9 Å². The number of rotatable bonds is 5. The third kappa shape index (κ3) is 4.92. The van der Waals surface area contributed by atoms with Gasteiger partial charge in [-0.15, -0.1) is 11.3 Å². The fraction of sp³-hybridized carbons (Fsp3) is 0.211. The normalized spacial score (nSPS) is 11.1. The van der Waals surface area contributed by atoms with Gasteiger partial charge in [0.1, 0.15) is 22.4 Å². The molecule has 146 valence electrons. The summed E-state index contributed by atoms with van der Waals surface area (Å²) in [6.07, 6.45) is 1.42. The Labute approximate surface area is 188 Å². The van der Waals surface area contributed by atoms with Gasteiger partial charge in [0.05, 0.1) is 20.2 Å². The molecule has 0 aliphatic heterocycles. The highest BCUT2D eigenvalue weighted by molar-refractivity contribution is 14.1. The van der Waals surface area contributed by atoms with Crippen molar-refractivity contribution in [1.29, 1.82) is 5.26 Å². The second-order valence-electron chi connectivity index (χ2n) is 5.66. The van der Waals surface area contributed by atoms with Crippen molar-refractivity contribution in [3.05, 3.63) is 47.3 Å². The van der Waals surface area contributed by atoms with Gasteiger partial charge >= 0.3 is 5.97 Å². The van der Waals surface area contributed by atoms with Crippen molar-refractivity contribution >= 4 is 72.8 Å². The lowest BCUT2D eigenvalue weighted by molar-refractivity contribution is -0.112. The molecular weight excluding hydrogens is 559 g/mol. The van der Waals surface area contributed by atoms with Gasteiger partial charge in [-0.3, -0.25) is 4.79 Å². The number of esters is 1. The molecule has 0 atom stereocenters. The number of ether oxygens (including phenoxy) is 1. The maximum atomic E-state index is 12.6. The smallest absolute Gasteiger partial charge is 0.341 e. The van der Waals surface area contributed by atoms with Crippen LogP contribution in [0.3, 0.4) is 0 Å². The largest absolute Gasteiger partial charge is 0.506 e. The number of anilines is 1. The first-order valence-corrected chi connectivity index (χ1v) is 10.8. The van der Waals surface area contributed by atoms with E-state index in [-0.39, 0.29) is 17.9 Å². The molecule has 9 heteroatoms. The highest BCUT2D eigenvalue weighted by atomic mass is 127. The third-order valence-corrected chi connectivity index (χ3v) is 6.36. The monoisotopic (exact) mass is 574 g/mol. The van der Waals surface area contributed by atoms with Crippen LogP contribution < -0.4 is 5.32 Å². The van der Waals surface area contributed by atoms with E-state index < -0.39 is 11.9 Å². The van der Waals surface area contributed by atoms with Gasteiger partial charge in [0.2, 0.25) is 0 Å². The summed E-state index contributed by atoms with van der Waals surface area (Å²) in [5.74, 6) is -1.06. The number of thiophene rings is 1. The highest BCUT2D eigenvalue weighted by Crippen LogP contribution is 2.34. The minimum absolute atomic E-state index is 0.0873. The van der Waals surface area contributed by atoms with Gasteiger partial charge in [0, 0.05) is 4.88 Å². The van der Waals surface area contributed by atoms with Crippen LogP contribution in [0.2, 0.25) is 0 Å². The van der Waals surface area contributed by atoms with Gasteiger partial charge in [0.15, 0.2) is 0 Å². The number of hydrogen-bond donors (Lipinski definition) is 2. The van der Waals surface area contributed by atoms with E-state index in [1.807, 2.05) is 35.6 Å². The number of carbonyl (C=O) groups is 2. The number of amides is 1. The zero-order valence-corrected chi connectivity index (χ0v) is 19.8. The lowest BCUT2D eigenvalue weighted by atomic mass is 10.1. The third-order valence-electron chi connectivity index (χ3n) is 3.81. The van der Waals surface area contributed by atoms with Crippen molar-refractivity contribution in [3.63, 3.8) is 0 Å². The van der Waals surface area contributed by atoms with E-state index in [2.05, 4.69) is 21.2 Å². The van der Waals surface area contributed by atoms with Crippen molar-refractivity contribution in [2.45, 2.75) is 20.8 Å². The summed E-state index contributed by atoms with van der Waals surface area (Å²) < 4.78 is 6.10. The Morgan fingerprint density at radius 1 is 1.43 bits per heavy atom. The molecule has 2 aromatic rings. The maximum absolute atomic E-state index is 12.6. The lowest BCUT2D eigenvalue weighted by Crippen LogP contribution is -2.16. The second kappa shape index (κ2) is 9.54. The van der Waals surface area contributed by atoms with E-state index >= 15 is 0 Å². The van der Waals surface area contributed by atoms with Gasteiger partial charge in [-0.05, 0) is 88.6 Å². The van der Waals surface area contributed by atoms with Crippen LogP contribution in [-0.2, 0) is 9.53 Å². The van der Waals surface area contributed by atoms with Crippen molar-refractivity contribution in [2.24, 2.45) is 0 Å². The van der Waals surface area contributed by atoms with E-state index in [1.165, 1.54) is 17.4 Å². The molecule has 0 unspecified atom stereocenters. The summed E-state index contributed by atoms with van der Waals surface area (Å²) in [5, 5.41) is 22.2. The fourth-order valence-corrected chi connectivity index (χ4v) is 4.86. The van der Waals surface area contributed by atoms with E-state index in [0.717, 1.165) is 10.4 Å². The summed E-state index contributed by atoms with van der Waals surface area (Å²) in [6, 6.07) is 5.13. The molecule has 0 aliphatic carbocycles. The van der Waals surface area contributed by atoms with Gasteiger partial charge in [-0.25, -0.2) is 4.79 Å². The molecule has 1 aromatic carbocycles. The number of nitrogens with zero attached hydrogens (tertiary/aromatic N) is 1. The number of nitriles is 1. The Morgan fingerprint density at radius 3 is 2.68 bits per heavy atom. The highest BCUT2D eigenvalue weighted by Gasteiger charge is 2.23. The van der Waals surface area contributed by atoms with Crippen molar-refractivity contribution in [2.75, 3.05) is 11.9 Å². The maximum Gasteiger partial charge on any atom is 0.341 e. The van der Waals surface area contributed by atoms with E-state index in [9.17, 15) is 20.0 Å². The number of phenols is 1. The molecule has 2 rings (SSSR count). The Morgan fingerprint density at radius 2 is 2.11 bits per heavy atom. The standard InChI is InChI=1S/C19H16BrIN2O4S/c1-4-27-19(26)15-9(2)10(3)28-18(15)23-17(25)12(8-22)5-11-6-13(20)16(24)14(21)7-11/h5-7,24H,4H2,1-3H3,(H,23,25)/b12-5+. The molecule has 0 saturated carbocycles. The van der Waals surface area contributed by atoms with Crippen LogP contribution in [0, 0.1) is 28.7 Å². The zero-order valence-electron chi connectivity index (χ0n) is 15.2. The predicted octanol–water partition coefficient (Wildman–Crippen LogP) is 5.16. The van der Waals surface area contributed by atoms with Crippen LogP contribution in [0.4, 0.5) is 5.00 Å². The van der Waals surface area contributed by atoms with Crippen LogP contribution in [0.15, 0.2) is 22.2 Å². The van der Waals surface area contributed by atoms with Crippen molar-refractivity contribution in [3.8, 4) is 11.8 Å². The van der Waals surface area contributed by atoms with Gasteiger partial charge in [-0.2, -0.15) is 5.26 Å². The number of nitrogens with one attached hydrogen (secondary N) is 1. The molecule has 0 bridgehead atoms. The first-order chi connectivity index (χ1) is 13.2. The summed E-state index contributed by atoms with van der Waals surface area (Å²) in [5.41, 5.74) is 1.48. The lowest BCUT2D eigenvalue weighted by Gasteiger charge is -2.07. The number of benzene rings is 1. The molecule has 6 nitrogen and oxygen atoms in total. The SMILES string of the molecule is CCOC(=O)c1c(NC(=O)/C(C#N)=C/c2cc(Br)c(O)c(I)c2)sc(C)c1C. The molecule has 1 amide bonds. The molecular formula is C19H16BrIN2O4S. The van der Waals surface area contributed by atoms with Gasteiger partial charge < -0.3 is 15.2 Å². The Bertz CT molecular complexity index is 1000. The van der Waals surface area contributed by atoms with Crippen molar-refractivity contribution < 1.29 is 19.4 Å². The number of halogens is 2. The fourth-order valence-electron chi connectivity index (χ4n) is 2.32. The zero-order chi connectivity index (χ0) is 21.0. The molecule has 0 aliphatic rings. The van der Waals surface area contributed by atoms with Crippen LogP contribution in [0.1, 0.15) is 33.3 Å². The summed E-state index contributed by atoms with van der Waals surface area (Å²) in [7, 11) is 0. The van der Waals surface area contributed by atoms with Crippen LogP contribution in [0.5, 0.6) is 5.75 Å². The molecule has 28 heavy (non-hydrogen) atoms. The Hall–Kier alpha value is -1.90. The average molecular weight is 575 g/mol. The summed E-state index contributed by atoms with van der Waals surface area (Å²) in [4.78, 5) is 25.7. The topological polar surface area (TPSA) is 99.4 Å². The number of phenolic OH excluding ortho intramolecular Hbond substituents is 1. The van der Waals surface area contributed by atoms with Gasteiger partial charge in [-0.1, -0.05) is 0 Å². The van der Waals surface area contributed by atoms with E-state index in [1.54, 1.807) is 26.0 Å². The van der Waals surface area contributed by atoms with Crippen molar-refractivity contribution in [1.82, 2.24) is 0 Å². The number of aromatic hydroxyl groups is 1. The molecule has 2 N–H and O–H groups in total. The van der Waals surface area contributed by atoms with Gasteiger partial charge in [0.25, 0.3) is 5.91 Å². The average Bonchev–Trinajstić information content (AvgIpc) is 2.91. The van der Waals surface area contributed by atoms with E-state index in [4.69, 9.17) is 4.74 Å². The first-order valence-electron chi connectivity index (χ1n) is 8.07. The number of carbonyl (C=O) groups excluding carboxylic acids is 2. The summed E-state index contributed by atoms with van der Waals surface area (Å²) >= 11 is 6.44. The number of aryl methyl sites for hydroxylation is 1. The minimum atomic E-state index is -0.631. The summed E-state index contributed by atoms with van der Waals surface area (Å²) in [6.45, 7) is 5.55. The van der Waals surface area contributed by atoms with E-state index in [0.29, 0.717) is 24.2 Å². The predicted molar refractivity (Wildman–Crippen MR) is 120 cm³/mol. The molecule has 0 radical (unpaired) electrons. The van der Waals surface area contributed by atoms with Crippen LogP contribution in [0.25, 0.3) is 6.08 Å². The molecule has 0 fully saturated rings. The number of hydrogen-bond acceptors (Lipinski definition) is 6. The molecule has 1 heterocycles. The molecule has 0 saturated heterocycles. The van der Waals surface area contributed by atoms with Crippen LogP contribution in [-0.4, -0.2) is 23.6 Å². The second-order valence-corrected chi connectivity index (χ2v) is 8.91. The molecule has 0 spiro atoms. The first kappa shape index (κ1) is 22.4. The minimum Gasteiger partial charge on any atom is -0.506 e. The quantitative estimate of drug-likeness (QED) is 0.222.